The summed E-state index contributed by atoms with van der Waals surface area (Å²) in [6, 6.07) is 85.2. The second-order valence-electron chi connectivity index (χ2n) is 33.0. The fraction of sp³-hybridized carbons (Fsp3) is 0.168. The van der Waals surface area contributed by atoms with Gasteiger partial charge in [-0.25, -0.2) is 53.3 Å². The maximum atomic E-state index is 13.2. The summed E-state index contributed by atoms with van der Waals surface area (Å²) in [6.45, 7) is 3.86. The largest absolute Gasteiger partial charge is 0.435 e. The van der Waals surface area contributed by atoms with E-state index in [1.165, 1.54) is 150 Å². The van der Waals surface area contributed by atoms with Crippen molar-refractivity contribution in [2.75, 3.05) is 25.0 Å². The van der Waals surface area contributed by atoms with Gasteiger partial charge in [0, 0.05) is 58.6 Å². The van der Waals surface area contributed by atoms with Gasteiger partial charge in [0.25, 0.3) is 11.3 Å². The zero-order valence-corrected chi connectivity index (χ0v) is 82.6. The Balaban J connectivity index is 0.000000135. The molecule has 0 amide bonds. The van der Waals surface area contributed by atoms with E-state index in [0.717, 1.165) is 136 Å². The lowest BCUT2D eigenvalue weighted by Gasteiger charge is -2.09. The molecule has 3 heterocycles. The minimum atomic E-state index is -4.62. The third-order valence-corrected chi connectivity index (χ3v) is 26.6. The lowest BCUT2D eigenvalue weighted by Crippen LogP contribution is -2.09. The van der Waals surface area contributed by atoms with Gasteiger partial charge in [0.1, 0.15) is 57.8 Å². The molecule has 2 N–H and O–H groups in total. The molecular weight excluding hydrogens is 2010 g/mol. The molecule has 34 heteroatoms. The third-order valence-electron chi connectivity index (χ3n) is 22.8. The number of benzene rings is 12. The van der Waals surface area contributed by atoms with Crippen molar-refractivity contribution in [2.24, 2.45) is 10.6 Å². The number of aromatic nitrogens is 4. The van der Waals surface area contributed by atoms with Crippen LogP contribution in [0.3, 0.4) is 0 Å². The number of carbonyl (C=O) groups excluding carboxylic acids is 1. The van der Waals surface area contributed by atoms with Crippen LogP contribution in [0.1, 0.15) is 114 Å². The van der Waals surface area contributed by atoms with Crippen molar-refractivity contribution < 1.29 is 95.0 Å². The van der Waals surface area contributed by atoms with E-state index in [1.807, 2.05) is 129 Å². The van der Waals surface area contributed by atoms with E-state index in [-0.39, 0.29) is 34.7 Å². The van der Waals surface area contributed by atoms with E-state index in [4.69, 9.17) is 26.1 Å². The first-order valence-corrected chi connectivity index (χ1v) is 52.2. The monoisotopic (exact) mass is 2100 g/mol. The normalized spacial score (nSPS) is 14.6. The van der Waals surface area contributed by atoms with Crippen LogP contribution in [-0.2, 0) is 72.7 Å². The maximum absolute atomic E-state index is 13.2. The van der Waals surface area contributed by atoms with Crippen molar-refractivity contribution in [1.82, 2.24) is 19.6 Å². The van der Waals surface area contributed by atoms with Crippen molar-refractivity contribution in [3.05, 3.63) is 398 Å². The van der Waals surface area contributed by atoms with Gasteiger partial charge in [-0.05, 0) is 335 Å². The van der Waals surface area contributed by atoms with Gasteiger partial charge in [-0.15, -0.1) is 11.3 Å². The van der Waals surface area contributed by atoms with Crippen molar-refractivity contribution in [3.8, 4) is 84.2 Å². The molecule has 0 radical (unpaired) electrons. The topological polar surface area (TPSA) is 210 Å². The van der Waals surface area contributed by atoms with E-state index in [0.29, 0.717) is 80.8 Å². The molecule has 15 aromatic rings. The van der Waals surface area contributed by atoms with Gasteiger partial charge in [-0.2, -0.15) is 40.7 Å². The lowest BCUT2D eigenvalue weighted by atomic mass is 9.96. The Labute approximate surface area is 832 Å². The average molecular weight is 2100 g/mol. The molecule has 0 saturated heterocycles. The molecule has 19 rings (SSSR count). The van der Waals surface area contributed by atoms with Crippen LogP contribution in [0.5, 0.6) is 28.7 Å². The number of aryl methyl sites for hydroxylation is 2. The highest BCUT2D eigenvalue weighted by Crippen LogP contribution is 2.63. The number of alkyl halides is 6. The Kier molecular flexibility index (Phi) is 34.4. The van der Waals surface area contributed by atoms with E-state index >= 15 is 0 Å². The summed E-state index contributed by atoms with van der Waals surface area (Å²) in [4.78, 5) is 13.3. The van der Waals surface area contributed by atoms with Gasteiger partial charge in [0.05, 0.1) is 26.5 Å². The van der Waals surface area contributed by atoms with E-state index in [9.17, 15) is 74.1 Å². The quantitative estimate of drug-likeness (QED) is 0.0627. The van der Waals surface area contributed by atoms with Crippen molar-refractivity contribution >= 4 is 122 Å². The fourth-order valence-corrected chi connectivity index (χ4v) is 19.5. The van der Waals surface area contributed by atoms with Crippen molar-refractivity contribution in [3.63, 3.8) is 0 Å². The molecule has 5 unspecified atom stereocenters. The minimum Gasteiger partial charge on any atom is -0.401 e. The molecule has 12 aromatic carbocycles. The van der Waals surface area contributed by atoms with Gasteiger partial charge in [0.15, 0.2) is 17.2 Å². The molecule has 728 valence electrons. The summed E-state index contributed by atoms with van der Waals surface area (Å²) in [6.07, 6.45) is 5.58. The Morgan fingerprint density at radius 1 is 0.355 bits per heavy atom. The molecule has 3 aromatic heterocycles. The zero-order valence-electron chi connectivity index (χ0n) is 76.2. The third kappa shape index (κ3) is 28.3. The first-order chi connectivity index (χ1) is 67.3. The first-order valence-electron chi connectivity index (χ1n) is 43.6. The summed E-state index contributed by atoms with van der Waals surface area (Å²) < 4.78 is 228. The van der Waals surface area contributed by atoms with Crippen LogP contribution in [0.15, 0.2) is 313 Å². The number of hydrogen-bond donors (Lipinski definition) is 1. The summed E-state index contributed by atoms with van der Waals surface area (Å²) in [5, 5.41) is 12.6. The molecule has 0 bridgehead atoms. The van der Waals surface area contributed by atoms with E-state index in [2.05, 4.69) is 26.1 Å². The van der Waals surface area contributed by atoms with E-state index < -0.39 is 85.1 Å². The predicted molar refractivity (Wildman–Crippen MR) is 540 cm³/mol. The highest BCUT2D eigenvalue weighted by atomic mass is 79.9. The molecule has 16 nitrogen and oxygen atoms in total. The molecule has 1 fully saturated rings. The SMILES string of the molecule is CS(=O)Oc1ccc(-c2cc(Br)sc2-c2ccc(F)cc2)cc1.CS(=O)Oc1ccc(-n2nc(C(F)(F)F)cc2-c2ccc(F)cc2)cc1.CS(=O)Oc1ccc(C2=C(c3ccc(F)cc3)C(=O)CC2)cc1.CS(=O)Oc1ccc(C2=C(c3ccc(F)cc3)CCC2)cc1.Cc1ccc(-c2cc(C(F)(F)F)nn2-c2ccc(C)cc2)cc1.NS(=O)Oc1ccc(C2=C(c3ccc(F)cc3)CC3(CC3)C2)cc1. The second-order valence-corrected chi connectivity index (χ2v) is 39.9. The number of ketones is 1. The Morgan fingerprint density at radius 3 is 0.993 bits per heavy atom. The fourth-order valence-electron chi connectivity index (χ4n) is 16.1. The molecule has 141 heavy (non-hydrogen) atoms. The Bertz CT molecular complexity index is 7090. The maximum Gasteiger partial charge on any atom is 0.435 e. The van der Waals surface area contributed by atoms with Gasteiger partial charge in [-0.3, -0.25) is 4.79 Å². The minimum absolute atomic E-state index is 0.0709. The zero-order chi connectivity index (χ0) is 101. The predicted octanol–water partition coefficient (Wildman–Crippen LogP) is 27.8. The smallest absolute Gasteiger partial charge is 0.401 e. The van der Waals surface area contributed by atoms with Crippen LogP contribution in [0.25, 0.3) is 88.9 Å². The van der Waals surface area contributed by atoms with Crippen LogP contribution < -0.4 is 26.1 Å². The molecule has 5 atom stereocenters. The van der Waals surface area contributed by atoms with Gasteiger partial charge in [0.2, 0.25) is 44.3 Å². The number of allylic oxidation sites excluding steroid dienone is 6. The second kappa shape index (κ2) is 46.6. The van der Waals surface area contributed by atoms with Gasteiger partial charge in [-0.1, -0.05) is 145 Å². The van der Waals surface area contributed by atoms with Crippen molar-refractivity contribution in [1.29, 1.82) is 0 Å². The molecule has 1 saturated carbocycles. The molecule has 1 spiro atoms. The molecule has 4 aliphatic carbocycles. The Hall–Kier alpha value is -12.9. The molecule has 0 aliphatic heterocycles. The average Bonchev–Trinajstić information content (AvgIpc) is 1.57. The van der Waals surface area contributed by atoms with Gasteiger partial charge >= 0.3 is 12.4 Å². The summed E-state index contributed by atoms with van der Waals surface area (Å²) in [7, 11) is 0. The van der Waals surface area contributed by atoms with Crippen LogP contribution >= 0.6 is 27.3 Å². The summed E-state index contributed by atoms with van der Waals surface area (Å²) in [5.41, 5.74) is 19.1. The van der Waals surface area contributed by atoms with Gasteiger partial charge < -0.3 is 20.9 Å². The number of hydrogen-bond acceptors (Lipinski definition) is 14. The number of nitrogens with two attached hydrogens (primary N) is 1. The lowest BCUT2D eigenvalue weighted by molar-refractivity contribution is -0.142. The van der Waals surface area contributed by atoms with Crippen LogP contribution in [0.2, 0.25) is 0 Å². The van der Waals surface area contributed by atoms with Crippen LogP contribution in [0.4, 0.5) is 48.3 Å². The van der Waals surface area contributed by atoms with Crippen LogP contribution in [0, 0.1) is 48.3 Å². The molecular formula is C107H89BrF11N5O11S6. The number of rotatable bonds is 22. The molecule has 4 aliphatic rings. The highest BCUT2D eigenvalue weighted by molar-refractivity contribution is 9.11. The van der Waals surface area contributed by atoms with Crippen LogP contribution in [-0.4, -0.2) is 71.4 Å². The number of nitrogens with zero attached hydrogens (tertiary/aromatic N) is 4. The highest BCUT2D eigenvalue weighted by Gasteiger charge is 2.48. The Morgan fingerprint density at radius 2 is 0.645 bits per heavy atom. The van der Waals surface area contributed by atoms with Crippen molar-refractivity contribution in [2.45, 2.75) is 84.0 Å². The van der Waals surface area contributed by atoms with E-state index in [1.54, 1.807) is 96.3 Å². The standard InChI is InChI=1S/C19H18FNO2S.C18H15F3N2.C18H15FO3S.C18H17FO2S.C17H12BrFO2S2.C17H12F4N2O2S/c20-15-5-1-13(2-6-15)17-11-19(9-10-19)12-18(17)14-3-7-16(8-4-14)23-24(21)22;1-12-3-7-14(8-4-12)16-11-17(18(19,20)21)22-23(16)15-9-5-13(2)6-10-15;1-23(21)22-15-8-4-12(5-9-15)16-10-11-17(20)18(16)13-2-6-14(19)7-3-13;1-22(20)21-16-11-7-14(8-12-16)18-4-2-3-17(18)13-5-9-15(19)10-6-13;1-23(20)21-14-8-4-11(5-9-14)15-10-16(18)22-17(15)12-2-6-13(19)7-3-12;1-26(24)25-14-8-6-13(7-9-14)23-15(10-16(22-23)17(19,20)21)11-2-4-12(18)5-3-11/h1-8H,9-12,21H2;3-11H,1-2H3;2-9H,10-11H2,1H3;5-12H,2-4H2,1H3;2-10H,1H3;2-10H,1H3. The summed E-state index contributed by atoms with van der Waals surface area (Å²) in [5.74, 6) is 1.06. The number of carbonyl (C=O) groups is 1. The number of halogens is 12. The summed E-state index contributed by atoms with van der Waals surface area (Å²) >= 11 is -2.24. The first kappa shape index (κ1) is 104. The number of Topliss-reactive ketones (excluding diaryl/α,β-unsaturated/α-hetero) is 1. The number of thiophene rings is 1.